The molecular formula is C21H12ClFN4O2S. The number of aromatic nitrogens is 4. The zero-order chi connectivity index (χ0) is 20.7. The molecule has 3 aromatic heterocycles. The normalized spacial score (nSPS) is 11.3. The summed E-state index contributed by atoms with van der Waals surface area (Å²) in [6.07, 6.45) is 0.374. The van der Waals surface area contributed by atoms with Crippen molar-refractivity contribution in [2.24, 2.45) is 0 Å². The molecule has 9 heteroatoms. The highest BCUT2D eigenvalue weighted by Crippen LogP contribution is 2.32. The van der Waals surface area contributed by atoms with E-state index in [1.54, 1.807) is 18.2 Å². The molecule has 30 heavy (non-hydrogen) atoms. The van der Waals surface area contributed by atoms with Gasteiger partial charge in [0.05, 0.1) is 5.02 Å². The van der Waals surface area contributed by atoms with Crippen molar-refractivity contribution < 1.29 is 8.81 Å². The van der Waals surface area contributed by atoms with Crippen molar-refractivity contribution in [1.82, 2.24) is 19.8 Å². The molecule has 0 aliphatic rings. The van der Waals surface area contributed by atoms with Crippen molar-refractivity contribution in [1.29, 1.82) is 0 Å². The van der Waals surface area contributed by atoms with Gasteiger partial charge in [0.2, 0.25) is 4.96 Å². The molecular weight excluding hydrogens is 427 g/mol. The number of rotatable bonds is 4. The predicted molar refractivity (Wildman–Crippen MR) is 112 cm³/mol. The molecule has 0 atom stereocenters. The molecule has 0 radical (unpaired) electrons. The number of hydrogen-bond donors (Lipinski definition) is 0. The maximum absolute atomic E-state index is 13.4. The van der Waals surface area contributed by atoms with E-state index in [1.165, 1.54) is 28.0 Å². The van der Waals surface area contributed by atoms with Crippen molar-refractivity contribution in [2.75, 3.05) is 0 Å². The van der Waals surface area contributed by atoms with E-state index in [9.17, 15) is 9.18 Å². The summed E-state index contributed by atoms with van der Waals surface area (Å²) in [5, 5.41) is 13.1. The van der Waals surface area contributed by atoms with Crippen LogP contribution in [-0.2, 0) is 6.42 Å². The van der Waals surface area contributed by atoms with Crippen LogP contribution in [0.15, 0.2) is 69.9 Å². The first-order chi connectivity index (χ1) is 14.6. The van der Waals surface area contributed by atoms with Crippen LogP contribution in [0.4, 0.5) is 4.39 Å². The first-order valence-corrected chi connectivity index (χ1v) is 10.1. The van der Waals surface area contributed by atoms with Crippen LogP contribution >= 0.6 is 22.9 Å². The van der Waals surface area contributed by atoms with Crippen molar-refractivity contribution >= 4 is 27.9 Å². The third-order valence-electron chi connectivity index (χ3n) is 4.49. The first-order valence-electron chi connectivity index (χ1n) is 8.93. The van der Waals surface area contributed by atoms with Gasteiger partial charge in [-0.05, 0) is 35.9 Å². The lowest BCUT2D eigenvalue weighted by Gasteiger charge is -1.99. The summed E-state index contributed by atoms with van der Waals surface area (Å²) >= 11 is 7.04. The van der Waals surface area contributed by atoms with Crippen LogP contribution in [0, 0.1) is 5.82 Å². The molecule has 0 amide bonds. The standard InChI is InChI=1S/C21H12ClFN4O2S/c22-14-11-13(6-7-15(14)23)17-8-9-18(29-17)19-26-27-20(28)16(24-25-21(27)30-19)10-12-4-2-1-3-5-12/h1-9,11H,10H2. The van der Waals surface area contributed by atoms with E-state index < -0.39 is 5.82 Å². The van der Waals surface area contributed by atoms with Gasteiger partial charge in [0, 0.05) is 12.0 Å². The summed E-state index contributed by atoms with van der Waals surface area (Å²) in [4.78, 5) is 13.2. The lowest BCUT2D eigenvalue weighted by atomic mass is 10.1. The Kier molecular flexibility index (Phi) is 4.65. The molecule has 0 fully saturated rings. The molecule has 0 N–H and O–H groups in total. The molecule has 2 aromatic carbocycles. The third kappa shape index (κ3) is 3.40. The van der Waals surface area contributed by atoms with Gasteiger partial charge in [0.15, 0.2) is 10.8 Å². The number of benzene rings is 2. The number of furan rings is 1. The van der Waals surface area contributed by atoms with Crippen LogP contribution < -0.4 is 5.56 Å². The van der Waals surface area contributed by atoms with Gasteiger partial charge in [-0.15, -0.1) is 15.3 Å². The second-order valence-corrected chi connectivity index (χ2v) is 7.87. The summed E-state index contributed by atoms with van der Waals surface area (Å²) < 4.78 is 20.5. The minimum absolute atomic E-state index is 0.0122. The van der Waals surface area contributed by atoms with Crippen LogP contribution in [-0.4, -0.2) is 19.8 Å². The number of fused-ring (bicyclic) bond motifs is 1. The summed E-state index contributed by atoms with van der Waals surface area (Å²) in [5.74, 6) is 0.474. The molecule has 6 nitrogen and oxygen atoms in total. The van der Waals surface area contributed by atoms with Gasteiger partial charge < -0.3 is 4.42 Å². The molecule has 0 spiro atoms. The lowest BCUT2D eigenvalue weighted by molar-refractivity contribution is 0.594. The molecule has 0 saturated carbocycles. The topological polar surface area (TPSA) is 73.3 Å². The van der Waals surface area contributed by atoms with Crippen molar-refractivity contribution in [2.45, 2.75) is 6.42 Å². The summed E-state index contributed by atoms with van der Waals surface area (Å²) in [5.41, 5.74) is 1.60. The van der Waals surface area contributed by atoms with Crippen LogP contribution in [0.3, 0.4) is 0 Å². The maximum atomic E-state index is 13.4. The van der Waals surface area contributed by atoms with Crippen molar-refractivity contribution in [3.05, 3.63) is 93.1 Å². The maximum Gasteiger partial charge on any atom is 0.297 e. The average Bonchev–Trinajstić information content (AvgIpc) is 3.40. The highest BCUT2D eigenvalue weighted by atomic mass is 35.5. The summed E-state index contributed by atoms with van der Waals surface area (Å²) in [6.45, 7) is 0. The first kappa shape index (κ1) is 18.7. The number of halogens is 2. The van der Waals surface area contributed by atoms with E-state index in [4.69, 9.17) is 16.0 Å². The fourth-order valence-corrected chi connectivity index (χ4v) is 3.98. The van der Waals surface area contributed by atoms with E-state index in [0.717, 1.165) is 5.56 Å². The highest BCUT2D eigenvalue weighted by Gasteiger charge is 2.16. The van der Waals surface area contributed by atoms with E-state index in [0.29, 0.717) is 39.2 Å². The minimum Gasteiger partial charge on any atom is -0.454 e. The van der Waals surface area contributed by atoms with Crippen LogP contribution in [0.1, 0.15) is 11.3 Å². The fourth-order valence-electron chi connectivity index (χ4n) is 3.00. The Morgan fingerprint density at radius 1 is 1.03 bits per heavy atom. The Hall–Kier alpha value is -3.36. The van der Waals surface area contributed by atoms with Gasteiger partial charge >= 0.3 is 0 Å². The monoisotopic (exact) mass is 438 g/mol. The predicted octanol–water partition coefficient (Wildman–Crippen LogP) is 4.86. The largest absolute Gasteiger partial charge is 0.454 e. The molecule has 3 heterocycles. The van der Waals surface area contributed by atoms with Crippen molar-refractivity contribution in [3.63, 3.8) is 0 Å². The Labute approximate surface area is 178 Å². The number of nitrogens with zero attached hydrogens (tertiary/aromatic N) is 4. The second kappa shape index (κ2) is 7.47. The fraction of sp³-hybridized carbons (Fsp3) is 0.0476. The van der Waals surface area contributed by atoms with Gasteiger partial charge in [0.25, 0.3) is 5.56 Å². The van der Waals surface area contributed by atoms with Crippen LogP contribution in [0.25, 0.3) is 27.1 Å². The Morgan fingerprint density at radius 2 is 1.83 bits per heavy atom. The Morgan fingerprint density at radius 3 is 2.63 bits per heavy atom. The Balaban J connectivity index is 1.50. The molecule has 0 aliphatic carbocycles. The number of hydrogen-bond acceptors (Lipinski definition) is 6. The average molecular weight is 439 g/mol. The minimum atomic E-state index is -0.498. The van der Waals surface area contributed by atoms with Gasteiger partial charge in [-0.2, -0.15) is 4.52 Å². The van der Waals surface area contributed by atoms with Gasteiger partial charge in [-0.25, -0.2) is 4.39 Å². The quantitative estimate of drug-likeness (QED) is 0.401. The van der Waals surface area contributed by atoms with Gasteiger partial charge in [-0.3, -0.25) is 4.79 Å². The SMILES string of the molecule is O=c1c(Cc2ccccc2)nnc2sc(-c3ccc(-c4ccc(F)c(Cl)c4)o3)nn12. The van der Waals surface area contributed by atoms with Crippen LogP contribution in [0.2, 0.25) is 5.02 Å². The van der Waals surface area contributed by atoms with E-state index in [1.807, 2.05) is 30.3 Å². The molecule has 148 valence electrons. The summed E-state index contributed by atoms with van der Waals surface area (Å²) in [7, 11) is 0. The Bertz CT molecular complexity index is 1430. The zero-order valence-electron chi connectivity index (χ0n) is 15.3. The molecule has 0 unspecified atom stereocenters. The second-order valence-electron chi connectivity index (χ2n) is 6.51. The van der Waals surface area contributed by atoms with Gasteiger partial charge in [0.1, 0.15) is 17.3 Å². The van der Waals surface area contributed by atoms with Gasteiger partial charge in [-0.1, -0.05) is 53.3 Å². The smallest absolute Gasteiger partial charge is 0.297 e. The molecule has 0 aliphatic heterocycles. The third-order valence-corrected chi connectivity index (χ3v) is 5.69. The molecule has 0 bridgehead atoms. The zero-order valence-corrected chi connectivity index (χ0v) is 16.8. The lowest BCUT2D eigenvalue weighted by Crippen LogP contribution is -2.22. The van der Waals surface area contributed by atoms with Crippen molar-refractivity contribution in [3.8, 4) is 22.1 Å². The van der Waals surface area contributed by atoms with Crippen LogP contribution in [0.5, 0.6) is 0 Å². The summed E-state index contributed by atoms with van der Waals surface area (Å²) in [6, 6.07) is 17.4. The molecule has 0 saturated heterocycles. The van der Waals surface area contributed by atoms with E-state index >= 15 is 0 Å². The van der Waals surface area contributed by atoms with E-state index in [-0.39, 0.29) is 10.6 Å². The van der Waals surface area contributed by atoms with E-state index in [2.05, 4.69) is 15.3 Å². The highest BCUT2D eigenvalue weighted by molar-refractivity contribution is 7.19. The molecule has 5 aromatic rings. The molecule has 5 rings (SSSR count).